The van der Waals surface area contributed by atoms with Crippen molar-refractivity contribution in [2.45, 2.75) is 32.2 Å². The van der Waals surface area contributed by atoms with E-state index >= 15 is 0 Å². The van der Waals surface area contributed by atoms with Crippen LogP contribution in [0.1, 0.15) is 25.7 Å². The van der Waals surface area contributed by atoms with Gasteiger partial charge < -0.3 is 4.90 Å². The molecule has 8 heteroatoms. The van der Waals surface area contributed by atoms with Crippen molar-refractivity contribution in [3.63, 3.8) is 0 Å². The molecule has 2 fully saturated rings. The third-order valence-electron chi connectivity index (χ3n) is 6.19. The molecule has 0 spiro atoms. The predicted molar refractivity (Wildman–Crippen MR) is 112 cm³/mol. The molecule has 2 aliphatic rings. The van der Waals surface area contributed by atoms with Crippen LogP contribution in [0.5, 0.6) is 0 Å². The van der Waals surface area contributed by atoms with Crippen LogP contribution < -0.4 is 5.56 Å². The fraction of sp³-hybridized carbons (Fsp3) is 0.571. The first-order valence-corrected chi connectivity index (χ1v) is 12.2. The van der Waals surface area contributed by atoms with E-state index in [9.17, 15) is 13.2 Å². The minimum Gasteiger partial charge on any atom is -0.303 e. The van der Waals surface area contributed by atoms with E-state index in [1.807, 2.05) is 12.1 Å². The lowest BCUT2D eigenvalue weighted by atomic mass is 9.94. The first-order valence-electron chi connectivity index (χ1n) is 10.4. The van der Waals surface area contributed by atoms with Crippen molar-refractivity contribution >= 4 is 9.84 Å². The van der Waals surface area contributed by atoms with Crippen molar-refractivity contribution < 1.29 is 8.42 Å². The fourth-order valence-electron chi connectivity index (χ4n) is 4.35. The van der Waals surface area contributed by atoms with Gasteiger partial charge in [-0.2, -0.15) is 0 Å². The van der Waals surface area contributed by atoms with Crippen LogP contribution in [0.25, 0.3) is 11.3 Å². The highest BCUT2D eigenvalue weighted by molar-refractivity contribution is 7.91. The molecule has 2 aromatic rings. The van der Waals surface area contributed by atoms with E-state index in [0.717, 1.165) is 50.9 Å². The smallest absolute Gasteiger partial charge is 0.253 e. The number of piperidine rings is 1. The lowest BCUT2D eigenvalue weighted by Crippen LogP contribution is -2.40. The van der Waals surface area contributed by atoms with Crippen molar-refractivity contribution in [1.82, 2.24) is 19.4 Å². The summed E-state index contributed by atoms with van der Waals surface area (Å²) in [4.78, 5) is 23.5. The first kappa shape index (κ1) is 20.2. The number of pyridine rings is 1. The zero-order valence-corrected chi connectivity index (χ0v) is 17.4. The van der Waals surface area contributed by atoms with Gasteiger partial charge in [-0.05, 0) is 62.7 Å². The molecule has 156 valence electrons. The molecule has 0 N–H and O–H groups in total. The molecular weight excluding hydrogens is 388 g/mol. The summed E-state index contributed by atoms with van der Waals surface area (Å²) in [5.41, 5.74) is 1.48. The molecule has 0 radical (unpaired) electrons. The van der Waals surface area contributed by atoms with Crippen LogP contribution in [0.2, 0.25) is 0 Å². The maximum Gasteiger partial charge on any atom is 0.253 e. The maximum absolute atomic E-state index is 12.5. The summed E-state index contributed by atoms with van der Waals surface area (Å²) in [7, 11) is -2.79. The molecule has 0 amide bonds. The Kier molecular flexibility index (Phi) is 6.10. The standard InChI is InChI=1S/C21H28N4O3S/c26-21-12-20(19-2-1-7-22-13-19)23-16-25(21)15-17-3-8-24(9-4-17)14-18-5-10-29(27,28)11-6-18/h1-2,7,12-13,16-18H,3-6,8-11,14-15H2. The average molecular weight is 417 g/mol. The number of hydrogen-bond acceptors (Lipinski definition) is 6. The molecule has 29 heavy (non-hydrogen) atoms. The van der Waals surface area contributed by atoms with Crippen LogP contribution >= 0.6 is 0 Å². The van der Waals surface area contributed by atoms with Crippen molar-refractivity contribution in [2.24, 2.45) is 11.8 Å². The van der Waals surface area contributed by atoms with Crippen LogP contribution in [0.15, 0.2) is 41.7 Å². The monoisotopic (exact) mass is 416 g/mol. The minimum absolute atomic E-state index is 0.0234. The molecule has 4 rings (SSSR count). The molecule has 7 nitrogen and oxygen atoms in total. The normalized spacial score (nSPS) is 21.2. The first-order chi connectivity index (χ1) is 14.0. The molecule has 0 saturated carbocycles. The number of likely N-dealkylation sites (tertiary alicyclic amines) is 1. The number of aromatic nitrogens is 3. The van der Waals surface area contributed by atoms with Gasteiger partial charge in [0.05, 0.1) is 23.5 Å². The van der Waals surface area contributed by atoms with E-state index in [1.165, 1.54) is 0 Å². The van der Waals surface area contributed by atoms with Crippen LogP contribution in [-0.2, 0) is 16.4 Å². The van der Waals surface area contributed by atoms with Gasteiger partial charge in [0, 0.05) is 37.1 Å². The van der Waals surface area contributed by atoms with Gasteiger partial charge in [-0.25, -0.2) is 13.4 Å². The second-order valence-electron chi connectivity index (χ2n) is 8.35. The predicted octanol–water partition coefficient (Wildman–Crippen LogP) is 1.84. The van der Waals surface area contributed by atoms with Gasteiger partial charge in [0.2, 0.25) is 0 Å². The molecule has 0 aromatic carbocycles. The Bertz CT molecular complexity index is 968. The van der Waals surface area contributed by atoms with Gasteiger partial charge >= 0.3 is 0 Å². The molecule has 4 heterocycles. The molecule has 0 bridgehead atoms. The Hall–Kier alpha value is -2.06. The van der Waals surface area contributed by atoms with Gasteiger partial charge in [0.1, 0.15) is 9.84 Å². The Morgan fingerprint density at radius 3 is 2.41 bits per heavy atom. The average Bonchev–Trinajstić information content (AvgIpc) is 2.73. The molecule has 0 unspecified atom stereocenters. The van der Waals surface area contributed by atoms with E-state index in [-0.39, 0.29) is 5.56 Å². The lowest BCUT2D eigenvalue weighted by Gasteiger charge is -2.35. The summed E-state index contributed by atoms with van der Waals surface area (Å²) >= 11 is 0. The Labute approximate surface area is 171 Å². The van der Waals surface area contributed by atoms with Crippen molar-refractivity contribution in [3.05, 3.63) is 47.3 Å². The molecule has 2 aromatic heterocycles. The second-order valence-corrected chi connectivity index (χ2v) is 10.6. The van der Waals surface area contributed by atoms with Crippen LogP contribution in [0, 0.1) is 11.8 Å². The third-order valence-corrected chi connectivity index (χ3v) is 7.90. The summed E-state index contributed by atoms with van der Waals surface area (Å²) < 4.78 is 24.9. The Morgan fingerprint density at radius 1 is 1.03 bits per heavy atom. The third kappa shape index (κ3) is 5.30. The quantitative estimate of drug-likeness (QED) is 0.739. The molecule has 0 aliphatic carbocycles. The zero-order chi connectivity index (χ0) is 20.3. The summed E-state index contributed by atoms with van der Waals surface area (Å²) in [6, 6.07) is 5.32. The SMILES string of the molecule is O=c1cc(-c2cccnc2)ncn1CC1CCN(CC2CCS(=O)(=O)CC2)CC1. The highest BCUT2D eigenvalue weighted by Crippen LogP contribution is 2.24. The van der Waals surface area contributed by atoms with Crippen molar-refractivity contribution in [2.75, 3.05) is 31.1 Å². The van der Waals surface area contributed by atoms with Crippen LogP contribution in [0.4, 0.5) is 0 Å². The topological polar surface area (TPSA) is 85.2 Å². The molecule has 2 saturated heterocycles. The van der Waals surface area contributed by atoms with Gasteiger partial charge in [-0.1, -0.05) is 0 Å². The number of sulfone groups is 1. The largest absolute Gasteiger partial charge is 0.303 e. The molecular formula is C21H28N4O3S. The van der Waals surface area contributed by atoms with E-state index in [1.54, 1.807) is 29.4 Å². The van der Waals surface area contributed by atoms with Gasteiger partial charge in [0.15, 0.2) is 0 Å². The van der Waals surface area contributed by atoms with Crippen molar-refractivity contribution in [3.8, 4) is 11.3 Å². The zero-order valence-electron chi connectivity index (χ0n) is 16.6. The summed E-state index contributed by atoms with van der Waals surface area (Å²) in [5.74, 6) is 1.67. The minimum atomic E-state index is -2.79. The second kappa shape index (κ2) is 8.75. The molecule has 2 aliphatic heterocycles. The van der Waals surface area contributed by atoms with Crippen molar-refractivity contribution in [1.29, 1.82) is 0 Å². The summed E-state index contributed by atoms with van der Waals surface area (Å²) in [6.07, 6.45) is 8.78. The fourth-order valence-corrected chi connectivity index (χ4v) is 5.94. The lowest BCUT2D eigenvalue weighted by molar-refractivity contribution is 0.148. The van der Waals surface area contributed by atoms with E-state index in [4.69, 9.17) is 0 Å². The van der Waals surface area contributed by atoms with Crippen LogP contribution in [-0.4, -0.2) is 59.0 Å². The van der Waals surface area contributed by atoms with Crippen LogP contribution in [0.3, 0.4) is 0 Å². The summed E-state index contributed by atoms with van der Waals surface area (Å²) in [6.45, 7) is 3.74. The van der Waals surface area contributed by atoms with Gasteiger partial charge in [-0.3, -0.25) is 14.3 Å². The van der Waals surface area contributed by atoms with Gasteiger partial charge in [-0.15, -0.1) is 0 Å². The van der Waals surface area contributed by atoms with E-state index < -0.39 is 9.84 Å². The molecule has 0 atom stereocenters. The summed E-state index contributed by atoms with van der Waals surface area (Å²) in [5, 5.41) is 0. The highest BCUT2D eigenvalue weighted by atomic mass is 32.2. The number of rotatable bonds is 5. The van der Waals surface area contributed by atoms with E-state index in [0.29, 0.717) is 35.6 Å². The number of hydrogen-bond donors (Lipinski definition) is 0. The van der Waals surface area contributed by atoms with Gasteiger partial charge in [0.25, 0.3) is 5.56 Å². The maximum atomic E-state index is 12.5. The number of nitrogens with zero attached hydrogens (tertiary/aromatic N) is 4. The Balaban J connectivity index is 1.28. The highest BCUT2D eigenvalue weighted by Gasteiger charge is 2.27. The Morgan fingerprint density at radius 2 is 1.76 bits per heavy atom. The van der Waals surface area contributed by atoms with E-state index in [2.05, 4.69) is 14.9 Å².